The van der Waals surface area contributed by atoms with Crippen LogP contribution in [0.5, 0.6) is 5.75 Å². The number of aliphatic carboxylic acids is 1. The Hall–Kier alpha value is -3.48. The van der Waals surface area contributed by atoms with Gasteiger partial charge in [-0.05, 0) is 90.3 Å². The predicted octanol–water partition coefficient (Wildman–Crippen LogP) is 5.96. The number of carboxylic acid groups (broad SMARTS) is 1. The molecular formula is C38H54IN3O7. The van der Waals surface area contributed by atoms with E-state index >= 15 is 0 Å². The summed E-state index contributed by atoms with van der Waals surface area (Å²) in [6.45, 7) is 8.09. The van der Waals surface area contributed by atoms with Gasteiger partial charge in [-0.3, -0.25) is 19.2 Å². The number of amides is 3. The molecule has 2 aromatic rings. The first kappa shape index (κ1) is 41.7. The number of hydrogen-bond acceptors (Lipinski definition) is 6. The first-order valence-electron chi connectivity index (χ1n) is 17.4. The highest BCUT2D eigenvalue weighted by Crippen LogP contribution is 2.24. The minimum Gasteiger partial charge on any atom is -0.507 e. The molecule has 49 heavy (non-hydrogen) atoms. The number of aromatic hydroxyl groups is 1. The Labute approximate surface area is 304 Å². The predicted molar refractivity (Wildman–Crippen MR) is 199 cm³/mol. The van der Waals surface area contributed by atoms with Crippen molar-refractivity contribution in [2.45, 2.75) is 110 Å². The molecule has 0 aliphatic rings. The van der Waals surface area contributed by atoms with E-state index in [1.807, 2.05) is 86.7 Å². The average molecular weight is 792 g/mol. The number of ketones is 1. The molecule has 0 aliphatic heterocycles. The van der Waals surface area contributed by atoms with Crippen LogP contribution in [-0.4, -0.2) is 58.3 Å². The molecule has 0 saturated carbocycles. The second-order valence-corrected chi connectivity index (χ2v) is 14.5. The normalized spacial score (nSPS) is 13.0. The standard InChI is InChI=1S/C38H54IN3O7/c1-25(2)29(22-28-19-20-34(44)30(39)23-28)36(46)42-32(24-27-14-8-7-9-15-27)37(47)41-31(38(48)49)16-12-13-21-40-35(45)18-11-6-5-10-17-33(43)26(3)4/h7-9,14-15,19-20,23,25-26,29,31-32,44H,5-6,10-13,16-18,21-22,24H2,1-4H3,(H,40,45)(H,41,47)(H,42,46)(H,48,49). The van der Waals surface area contributed by atoms with E-state index in [0.717, 1.165) is 36.8 Å². The number of hydrogen-bond donors (Lipinski definition) is 5. The third kappa shape index (κ3) is 16.2. The van der Waals surface area contributed by atoms with Crippen LogP contribution >= 0.6 is 22.6 Å². The van der Waals surface area contributed by atoms with Crippen molar-refractivity contribution in [3.8, 4) is 5.75 Å². The molecule has 10 nitrogen and oxygen atoms in total. The molecule has 0 spiro atoms. The van der Waals surface area contributed by atoms with E-state index in [2.05, 4.69) is 16.0 Å². The van der Waals surface area contributed by atoms with E-state index in [1.54, 1.807) is 12.1 Å². The number of rotatable bonds is 23. The number of benzene rings is 2. The Bertz CT molecular complexity index is 1370. The Balaban J connectivity index is 1.91. The second kappa shape index (κ2) is 22.3. The van der Waals surface area contributed by atoms with Gasteiger partial charge in [0, 0.05) is 37.6 Å². The van der Waals surface area contributed by atoms with Gasteiger partial charge in [0.25, 0.3) is 0 Å². The number of phenols is 1. The van der Waals surface area contributed by atoms with Gasteiger partial charge in [-0.1, -0.05) is 76.9 Å². The van der Waals surface area contributed by atoms with E-state index < -0.39 is 29.9 Å². The molecule has 3 unspecified atom stereocenters. The fourth-order valence-electron chi connectivity index (χ4n) is 5.45. The molecular weight excluding hydrogens is 737 g/mol. The van der Waals surface area contributed by atoms with Crippen molar-refractivity contribution in [2.75, 3.05) is 6.54 Å². The van der Waals surface area contributed by atoms with Crippen LogP contribution in [0, 0.1) is 21.3 Å². The molecule has 0 bridgehead atoms. The topological polar surface area (TPSA) is 162 Å². The maximum Gasteiger partial charge on any atom is 0.326 e. The largest absolute Gasteiger partial charge is 0.507 e. The lowest BCUT2D eigenvalue weighted by Gasteiger charge is -2.26. The van der Waals surface area contributed by atoms with Crippen molar-refractivity contribution in [1.82, 2.24) is 16.0 Å². The number of phenolic OH excluding ortho intramolecular Hbond substituents is 1. The summed E-state index contributed by atoms with van der Waals surface area (Å²) in [5.41, 5.74) is 1.70. The van der Waals surface area contributed by atoms with Crippen molar-refractivity contribution in [3.05, 3.63) is 63.2 Å². The van der Waals surface area contributed by atoms with Gasteiger partial charge in [-0.25, -0.2) is 4.79 Å². The van der Waals surface area contributed by atoms with Gasteiger partial charge in [-0.15, -0.1) is 0 Å². The van der Waals surface area contributed by atoms with Crippen molar-refractivity contribution in [3.63, 3.8) is 0 Å². The van der Waals surface area contributed by atoms with Crippen molar-refractivity contribution in [1.29, 1.82) is 0 Å². The van der Waals surface area contributed by atoms with E-state index in [4.69, 9.17) is 0 Å². The fourth-order valence-corrected chi connectivity index (χ4v) is 6.03. The lowest BCUT2D eigenvalue weighted by molar-refractivity contribution is -0.142. The molecule has 0 heterocycles. The highest BCUT2D eigenvalue weighted by molar-refractivity contribution is 14.1. The summed E-state index contributed by atoms with van der Waals surface area (Å²) in [6, 6.07) is 12.3. The molecule has 3 amide bonds. The van der Waals surface area contributed by atoms with Crippen LogP contribution in [0.2, 0.25) is 0 Å². The Morgan fingerprint density at radius 3 is 2.00 bits per heavy atom. The fraction of sp³-hybridized carbons (Fsp3) is 0.553. The number of nitrogens with one attached hydrogen (secondary N) is 3. The molecule has 0 saturated heterocycles. The first-order chi connectivity index (χ1) is 23.3. The zero-order valence-electron chi connectivity index (χ0n) is 29.3. The second-order valence-electron chi connectivity index (χ2n) is 13.4. The van der Waals surface area contributed by atoms with Crippen molar-refractivity contribution in [2.24, 2.45) is 17.8 Å². The molecule has 3 atom stereocenters. The van der Waals surface area contributed by atoms with Crippen LogP contribution < -0.4 is 16.0 Å². The maximum atomic E-state index is 13.6. The summed E-state index contributed by atoms with van der Waals surface area (Å²) >= 11 is 2.04. The lowest BCUT2D eigenvalue weighted by atomic mass is 9.88. The van der Waals surface area contributed by atoms with Crippen LogP contribution in [-0.2, 0) is 36.8 Å². The van der Waals surface area contributed by atoms with Gasteiger partial charge in [0.15, 0.2) is 0 Å². The number of Topliss-reactive ketones (excluding diaryl/α,β-unsaturated/α-hetero) is 1. The average Bonchev–Trinajstić information content (AvgIpc) is 3.05. The summed E-state index contributed by atoms with van der Waals surface area (Å²) in [5, 5.41) is 28.2. The highest BCUT2D eigenvalue weighted by Gasteiger charge is 2.30. The maximum absolute atomic E-state index is 13.6. The molecule has 0 fully saturated rings. The quantitative estimate of drug-likeness (QED) is 0.0686. The molecule has 5 N–H and O–H groups in total. The summed E-state index contributed by atoms with van der Waals surface area (Å²) in [7, 11) is 0. The van der Waals surface area contributed by atoms with E-state index in [-0.39, 0.29) is 48.0 Å². The van der Waals surface area contributed by atoms with E-state index in [1.165, 1.54) is 0 Å². The minimum atomic E-state index is -1.17. The molecule has 0 aliphatic carbocycles. The van der Waals surface area contributed by atoms with Gasteiger partial charge >= 0.3 is 5.97 Å². The molecule has 0 radical (unpaired) electrons. The molecule has 270 valence electrons. The number of halogens is 1. The van der Waals surface area contributed by atoms with Gasteiger partial charge in [-0.2, -0.15) is 0 Å². The zero-order valence-corrected chi connectivity index (χ0v) is 31.5. The molecule has 2 rings (SSSR count). The van der Waals surface area contributed by atoms with E-state index in [0.29, 0.717) is 42.2 Å². The van der Waals surface area contributed by atoms with E-state index in [9.17, 15) is 34.2 Å². The third-order valence-corrected chi connectivity index (χ3v) is 9.47. The van der Waals surface area contributed by atoms with Crippen molar-refractivity contribution < 1.29 is 34.2 Å². The van der Waals surface area contributed by atoms with Gasteiger partial charge in [0.2, 0.25) is 17.7 Å². The summed E-state index contributed by atoms with van der Waals surface area (Å²) in [4.78, 5) is 63.2. The number of carbonyl (C=O) groups excluding carboxylic acids is 4. The Morgan fingerprint density at radius 2 is 1.39 bits per heavy atom. The zero-order chi connectivity index (χ0) is 36.3. The van der Waals surface area contributed by atoms with Crippen LogP contribution in [0.1, 0.15) is 96.6 Å². The molecule has 0 aromatic heterocycles. The van der Waals surface area contributed by atoms with Crippen LogP contribution in [0.4, 0.5) is 0 Å². The number of unbranched alkanes of at least 4 members (excludes halogenated alkanes) is 4. The Morgan fingerprint density at radius 1 is 0.735 bits per heavy atom. The lowest BCUT2D eigenvalue weighted by Crippen LogP contribution is -2.54. The van der Waals surface area contributed by atoms with Gasteiger partial charge in [0.1, 0.15) is 23.6 Å². The van der Waals surface area contributed by atoms with Crippen molar-refractivity contribution >= 4 is 52.1 Å². The monoisotopic (exact) mass is 791 g/mol. The minimum absolute atomic E-state index is 0.0503. The highest BCUT2D eigenvalue weighted by atomic mass is 127. The third-order valence-electron chi connectivity index (χ3n) is 8.60. The molecule has 2 aromatic carbocycles. The van der Waals surface area contributed by atoms with Crippen LogP contribution in [0.15, 0.2) is 48.5 Å². The smallest absolute Gasteiger partial charge is 0.326 e. The van der Waals surface area contributed by atoms with Gasteiger partial charge in [0.05, 0.1) is 3.57 Å². The summed E-state index contributed by atoms with van der Waals surface area (Å²) in [6.07, 6.45) is 6.20. The first-order valence-corrected chi connectivity index (χ1v) is 18.5. The van der Waals surface area contributed by atoms with Crippen LogP contribution in [0.25, 0.3) is 0 Å². The summed E-state index contributed by atoms with van der Waals surface area (Å²) in [5.74, 6) is -2.11. The van der Waals surface area contributed by atoms with Crippen LogP contribution in [0.3, 0.4) is 0 Å². The Kier molecular flexibility index (Phi) is 19.0. The summed E-state index contributed by atoms with van der Waals surface area (Å²) < 4.78 is 0.681. The SMILES string of the molecule is CC(C)C(=O)CCCCCCC(=O)NCCCCC(NC(=O)C(Cc1ccccc1)NC(=O)C(Cc1ccc(O)c(I)c1)C(C)C)C(=O)O. The van der Waals surface area contributed by atoms with Gasteiger partial charge < -0.3 is 26.2 Å². The number of carboxylic acids is 1. The molecule has 11 heteroatoms. The number of carbonyl (C=O) groups is 5.